The van der Waals surface area contributed by atoms with E-state index in [1.807, 2.05) is 16.8 Å². The number of aryl methyl sites for hydroxylation is 1. The van der Waals surface area contributed by atoms with Crippen LogP contribution < -0.4 is 14.5 Å². The summed E-state index contributed by atoms with van der Waals surface area (Å²) in [5.74, 6) is 0.838. The highest BCUT2D eigenvalue weighted by Crippen LogP contribution is 2.53. The number of hydrogen-bond donors (Lipinski definition) is 0. The minimum Gasteiger partial charge on any atom is -0.472 e. The van der Waals surface area contributed by atoms with Gasteiger partial charge in [-0.2, -0.15) is 5.10 Å². The van der Waals surface area contributed by atoms with Crippen molar-refractivity contribution >= 4 is 16.9 Å². The zero-order valence-electron chi connectivity index (χ0n) is 21.4. The molecule has 0 saturated heterocycles. The topological polar surface area (TPSA) is 33.0 Å². The summed E-state index contributed by atoms with van der Waals surface area (Å²) in [6.07, 6.45) is 2.01. The highest BCUT2D eigenvalue weighted by atomic mass is 16.5. The molecule has 180 valence electrons. The zero-order valence-corrected chi connectivity index (χ0v) is 21.4. The first-order valence-corrected chi connectivity index (χ1v) is 12.2. The third-order valence-corrected chi connectivity index (χ3v) is 7.13. The fraction of sp³-hybridized carbons (Fsp3) is 0.194. The largest absolute Gasteiger partial charge is 0.472 e. The summed E-state index contributed by atoms with van der Waals surface area (Å²) >= 11 is 0. The van der Waals surface area contributed by atoms with Crippen LogP contribution in [0, 0.1) is 6.92 Å². The van der Waals surface area contributed by atoms with Gasteiger partial charge < -0.3 is 14.5 Å². The third kappa shape index (κ3) is 3.27. The van der Waals surface area contributed by atoms with Gasteiger partial charge in [0.25, 0.3) is 0 Å². The van der Waals surface area contributed by atoms with Gasteiger partial charge in [-0.25, -0.2) is 4.52 Å². The van der Waals surface area contributed by atoms with Gasteiger partial charge in [0.15, 0.2) is 5.60 Å². The molecule has 0 N–H and O–H groups in total. The van der Waals surface area contributed by atoms with Gasteiger partial charge >= 0.3 is 0 Å². The van der Waals surface area contributed by atoms with E-state index < -0.39 is 5.60 Å². The minimum absolute atomic E-state index is 0.838. The first-order valence-electron chi connectivity index (χ1n) is 12.2. The quantitative estimate of drug-likeness (QED) is 0.314. The van der Waals surface area contributed by atoms with Crippen molar-refractivity contribution in [2.45, 2.75) is 12.5 Å². The number of hydrogen-bond acceptors (Lipinski definition) is 4. The predicted octanol–water partition coefficient (Wildman–Crippen LogP) is 6.13. The van der Waals surface area contributed by atoms with E-state index in [2.05, 4.69) is 124 Å². The maximum absolute atomic E-state index is 7.16. The number of fused-ring (bicyclic) bond motifs is 5. The zero-order chi connectivity index (χ0) is 25.0. The molecule has 0 radical (unpaired) electrons. The fourth-order valence-corrected chi connectivity index (χ4v) is 5.23. The van der Waals surface area contributed by atoms with Crippen LogP contribution in [0.4, 0.5) is 11.4 Å². The second-order valence-electron chi connectivity index (χ2n) is 9.92. The molecule has 3 heterocycles. The van der Waals surface area contributed by atoms with E-state index in [0.717, 1.165) is 50.6 Å². The normalized spacial score (nSPS) is 13.6. The van der Waals surface area contributed by atoms with E-state index in [0.29, 0.717) is 0 Å². The molecule has 1 aliphatic rings. The van der Waals surface area contributed by atoms with Crippen LogP contribution in [0.2, 0.25) is 0 Å². The van der Waals surface area contributed by atoms with Crippen LogP contribution in [0.1, 0.15) is 22.3 Å². The number of rotatable bonds is 4. The SMILES string of the molecule is Cc1ccc2c(c1)-c1nn3ccccc3c1C(c1ccc(N(C)C)cc1)(c1ccc(N(C)C)cc1)O2. The van der Waals surface area contributed by atoms with Gasteiger partial charge in [-0.15, -0.1) is 0 Å². The van der Waals surface area contributed by atoms with Crippen molar-refractivity contribution in [1.82, 2.24) is 9.61 Å². The molecule has 36 heavy (non-hydrogen) atoms. The summed E-state index contributed by atoms with van der Waals surface area (Å²) in [6, 6.07) is 29.9. The maximum atomic E-state index is 7.16. The average Bonchev–Trinajstić information content (AvgIpc) is 3.29. The molecule has 5 heteroatoms. The van der Waals surface area contributed by atoms with Gasteiger partial charge in [0.05, 0.1) is 11.1 Å². The van der Waals surface area contributed by atoms with Gasteiger partial charge in [0.2, 0.25) is 0 Å². The third-order valence-electron chi connectivity index (χ3n) is 7.13. The number of nitrogens with zero attached hydrogens (tertiary/aromatic N) is 4. The first kappa shape index (κ1) is 22.2. The molecule has 0 spiro atoms. The molecule has 0 bridgehead atoms. The van der Waals surface area contributed by atoms with Crippen molar-refractivity contribution in [2.75, 3.05) is 38.0 Å². The summed E-state index contributed by atoms with van der Waals surface area (Å²) in [4.78, 5) is 4.23. The average molecular weight is 475 g/mol. The second-order valence-corrected chi connectivity index (χ2v) is 9.92. The Morgan fingerprint density at radius 1 is 0.750 bits per heavy atom. The minimum atomic E-state index is -0.865. The highest BCUT2D eigenvalue weighted by Gasteiger charge is 2.47. The highest BCUT2D eigenvalue weighted by molar-refractivity contribution is 5.84. The van der Waals surface area contributed by atoms with Crippen LogP contribution in [-0.2, 0) is 5.60 Å². The summed E-state index contributed by atoms with van der Waals surface area (Å²) < 4.78 is 9.13. The van der Waals surface area contributed by atoms with Crippen LogP contribution in [0.5, 0.6) is 5.75 Å². The van der Waals surface area contributed by atoms with E-state index in [1.165, 1.54) is 5.56 Å². The Balaban J connectivity index is 1.71. The van der Waals surface area contributed by atoms with Crippen molar-refractivity contribution in [3.8, 4) is 17.0 Å². The molecule has 0 saturated carbocycles. The standard InChI is InChI=1S/C31H30N4O/c1-21-9-18-28-26(20-21)30-29(27-8-6-7-19-35(27)32-30)31(36-28,22-10-14-24(15-11-22)33(2)3)23-12-16-25(17-13-23)34(4)5/h6-20H,1-5H3. The summed E-state index contributed by atoms with van der Waals surface area (Å²) in [7, 11) is 8.24. The Hall–Kier alpha value is -4.25. The van der Waals surface area contributed by atoms with Crippen LogP contribution in [0.25, 0.3) is 16.8 Å². The van der Waals surface area contributed by atoms with Gasteiger partial charge in [0, 0.05) is 62.5 Å². The van der Waals surface area contributed by atoms with E-state index in [9.17, 15) is 0 Å². The molecule has 3 aromatic carbocycles. The summed E-state index contributed by atoms with van der Waals surface area (Å²) in [5.41, 5.74) is 8.82. The lowest BCUT2D eigenvalue weighted by molar-refractivity contribution is 0.153. The van der Waals surface area contributed by atoms with Gasteiger partial charge in [0.1, 0.15) is 11.4 Å². The number of aromatic nitrogens is 2. The Morgan fingerprint density at radius 3 is 1.94 bits per heavy atom. The molecule has 0 fully saturated rings. The van der Waals surface area contributed by atoms with Crippen molar-refractivity contribution in [2.24, 2.45) is 0 Å². The molecular formula is C31H30N4O. The van der Waals surface area contributed by atoms with E-state index >= 15 is 0 Å². The predicted molar refractivity (Wildman–Crippen MR) is 147 cm³/mol. The van der Waals surface area contributed by atoms with Crippen molar-refractivity contribution < 1.29 is 4.74 Å². The molecule has 0 unspecified atom stereocenters. The molecule has 5 aromatic rings. The molecule has 0 aliphatic carbocycles. The number of ether oxygens (including phenoxy) is 1. The molecule has 1 aliphatic heterocycles. The fourth-order valence-electron chi connectivity index (χ4n) is 5.23. The Kier molecular flexibility index (Phi) is 5.04. The van der Waals surface area contributed by atoms with Crippen molar-refractivity contribution in [3.63, 3.8) is 0 Å². The van der Waals surface area contributed by atoms with E-state index in [-0.39, 0.29) is 0 Å². The van der Waals surface area contributed by atoms with Crippen LogP contribution in [0.15, 0.2) is 91.1 Å². The second kappa shape index (κ2) is 8.16. The van der Waals surface area contributed by atoms with Gasteiger partial charge in [-0.3, -0.25) is 0 Å². The van der Waals surface area contributed by atoms with Crippen LogP contribution in [0.3, 0.4) is 0 Å². The lowest BCUT2D eigenvalue weighted by Crippen LogP contribution is -2.38. The Labute approximate surface area is 212 Å². The Bertz CT molecular complexity index is 1510. The Morgan fingerprint density at radius 2 is 1.36 bits per heavy atom. The molecular weight excluding hydrogens is 444 g/mol. The maximum Gasteiger partial charge on any atom is 0.188 e. The lowest BCUT2D eigenvalue weighted by atomic mass is 9.76. The summed E-state index contributed by atoms with van der Waals surface area (Å²) in [6.45, 7) is 2.11. The first-order chi connectivity index (χ1) is 17.4. The van der Waals surface area contributed by atoms with E-state index in [1.54, 1.807) is 0 Å². The monoisotopic (exact) mass is 474 g/mol. The number of benzene rings is 3. The smallest absolute Gasteiger partial charge is 0.188 e. The number of pyridine rings is 1. The summed E-state index contributed by atoms with van der Waals surface area (Å²) in [5, 5.41) is 5.09. The van der Waals surface area contributed by atoms with Gasteiger partial charge in [-0.1, -0.05) is 42.0 Å². The molecule has 5 nitrogen and oxygen atoms in total. The molecule has 6 rings (SSSR count). The van der Waals surface area contributed by atoms with E-state index in [4.69, 9.17) is 9.84 Å². The van der Waals surface area contributed by atoms with Crippen LogP contribution in [-0.4, -0.2) is 37.8 Å². The van der Waals surface area contributed by atoms with Gasteiger partial charge in [-0.05, 0) is 55.5 Å². The van der Waals surface area contributed by atoms with Crippen molar-refractivity contribution in [3.05, 3.63) is 113 Å². The number of anilines is 2. The van der Waals surface area contributed by atoms with Crippen LogP contribution >= 0.6 is 0 Å². The molecule has 2 aromatic heterocycles. The molecule has 0 atom stereocenters. The lowest BCUT2D eigenvalue weighted by Gasteiger charge is -2.40. The molecule has 0 amide bonds. The van der Waals surface area contributed by atoms with Crippen molar-refractivity contribution in [1.29, 1.82) is 0 Å².